The van der Waals surface area contributed by atoms with Crippen molar-refractivity contribution in [3.05, 3.63) is 52.8 Å². The highest BCUT2D eigenvalue weighted by molar-refractivity contribution is 5.98. The average molecular weight is 257 g/mol. The molecule has 0 saturated carbocycles. The zero-order valence-electron chi connectivity index (χ0n) is 11.9. The Hall–Kier alpha value is -2.03. The van der Waals surface area contributed by atoms with Crippen molar-refractivity contribution in [3.8, 4) is 5.75 Å². The highest BCUT2D eigenvalue weighted by Gasteiger charge is 2.14. The smallest absolute Gasteiger partial charge is 0.202 e. The van der Waals surface area contributed by atoms with Crippen LogP contribution in [0.25, 0.3) is 0 Å². The highest BCUT2D eigenvalue weighted by Crippen LogP contribution is 2.16. The van der Waals surface area contributed by atoms with Crippen LogP contribution in [0.3, 0.4) is 0 Å². The Morgan fingerprint density at radius 1 is 1.16 bits per heavy atom. The Labute approximate surface area is 113 Å². The predicted molar refractivity (Wildman–Crippen MR) is 75.9 cm³/mol. The van der Waals surface area contributed by atoms with Crippen LogP contribution in [0.5, 0.6) is 5.75 Å². The molecule has 0 aliphatic rings. The second-order valence-corrected chi connectivity index (χ2v) is 4.87. The minimum Gasteiger partial charge on any atom is -0.485 e. The number of hydrogen-bond acceptors (Lipinski definition) is 2. The van der Waals surface area contributed by atoms with Crippen LogP contribution in [0.2, 0.25) is 0 Å². The average Bonchev–Trinajstić information content (AvgIpc) is 2.65. The number of benzene rings is 1. The molecule has 0 fully saturated rings. The van der Waals surface area contributed by atoms with Gasteiger partial charge in [0.2, 0.25) is 5.78 Å². The Bertz CT molecular complexity index is 594. The molecule has 0 radical (unpaired) electrons. The number of aryl methyl sites for hydroxylation is 2. The van der Waals surface area contributed by atoms with Gasteiger partial charge in [-0.05, 0) is 39.0 Å². The van der Waals surface area contributed by atoms with Crippen molar-refractivity contribution in [3.63, 3.8) is 0 Å². The summed E-state index contributed by atoms with van der Waals surface area (Å²) in [5, 5.41) is 0. The molecule has 3 nitrogen and oxygen atoms in total. The number of carbonyl (C=O) groups is 1. The molecule has 0 saturated heterocycles. The quantitative estimate of drug-likeness (QED) is 0.787. The maximum absolute atomic E-state index is 12.1. The molecule has 1 aromatic heterocycles. The van der Waals surface area contributed by atoms with E-state index in [-0.39, 0.29) is 12.4 Å². The number of nitrogens with zero attached hydrogens (tertiary/aromatic N) is 1. The van der Waals surface area contributed by atoms with Gasteiger partial charge in [0.05, 0.1) is 0 Å². The highest BCUT2D eigenvalue weighted by atomic mass is 16.5. The van der Waals surface area contributed by atoms with E-state index in [1.807, 2.05) is 62.7 Å². The first-order valence-corrected chi connectivity index (χ1v) is 6.34. The first kappa shape index (κ1) is 13.4. The number of hydrogen-bond donors (Lipinski definition) is 0. The number of aromatic nitrogens is 1. The van der Waals surface area contributed by atoms with E-state index in [1.165, 1.54) is 5.56 Å². The molecule has 0 atom stereocenters. The third-order valence-corrected chi connectivity index (χ3v) is 3.47. The van der Waals surface area contributed by atoms with Crippen molar-refractivity contribution in [1.82, 2.24) is 4.57 Å². The molecule has 2 aromatic rings. The summed E-state index contributed by atoms with van der Waals surface area (Å²) in [5.74, 6) is 0.742. The molecule has 100 valence electrons. The zero-order chi connectivity index (χ0) is 14.0. The van der Waals surface area contributed by atoms with Gasteiger partial charge in [0.25, 0.3) is 0 Å². The van der Waals surface area contributed by atoms with Crippen LogP contribution in [-0.4, -0.2) is 17.0 Å². The van der Waals surface area contributed by atoms with E-state index < -0.39 is 0 Å². The fourth-order valence-corrected chi connectivity index (χ4v) is 2.00. The summed E-state index contributed by atoms with van der Waals surface area (Å²) in [6.07, 6.45) is 0. The van der Waals surface area contributed by atoms with Crippen LogP contribution >= 0.6 is 0 Å². The van der Waals surface area contributed by atoms with Crippen molar-refractivity contribution in [2.45, 2.75) is 20.8 Å². The molecule has 0 amide bonds. The van der Waals surface area contributed by atoms with E-state index >= 15 is 0 Å². The fraction of sp³-hybridized carbons (Fsp3) is 0.312. The van der Waals surface area contributed by atoms with Gasteiger partial charge in [-0.3, -0.25) is 4.79 Å². The SMILES string of the molecule is Cc1ccc(OCC(=O)c2cc(C)n(C)c2C)cc1. The second-order valence-electron chi connectivity index (χ2n) is 4.87. The van der Waals surface area contributed by atoms with Gasteiger partial charge in [0.15, 0.2) is 6.61 Å². The number of Topliss-reactive ketones (excluding diaryl/α,β-unsaturated/α-hetero) is 1. The summed E-state index contributed by atoms with van der Waals surface area (Å²) >= 11 is 0. The van der Waals surface area contributed by atoms with Crippen molar-refractivity contribution in [2.24, 2.45) is 7.05 Å². The minimum absolute atomic E-state index is 0.0155. The van der Waals surface area contributed by atoms with Crippen LogP contribution in [-0.2, 0) is 7.05 Å². The maximum Gasteiger partial charge on any atom is 0.202 e. The van der Waals surface area contributed by atoms with E-state index in [1.54, 1.807) is 0 Å². The molecule has 0 N–H and O–H groups in total. The Balaban J connectivity index is 2.05. The molecule has 1 heterocycles. The van der Waals surface area contributed by atoms with Crippen LogP contribution in [0.1, 0.15) is 27.3 Å². The fourth-order valence-electron chi connectivity index (χ4n) is 2.00. The lowest BCUT2D eigenvalue weighted by atomic mass is 10.1. The summed E-state index contributed by atoms with van der Waals surface area (Å²) in [7, 11) is 1.96. The Morgan fingerprint density at radius 3 is 2.32 bits per heavy atom. The molecule has 0 unspecified atom stereocenters. The minimum atomic E-state index is 0.0155. The summed E-state index contributed by atoms with van der Waals surface area (Å²) in [5.41, 5.74) is 3.98. The van der Waals surface area contributed by atoms with Gasteiger partial charge >= 0.3 is 0 Å². The summed E-state index contributed by atoms with van der Waals surface area (Å²) in [6.45, 7) is 6.04. The molecule has 0 bridgehead atoms. The van der Waals surface area contributed by atoms with Crippen molar-refractivity contribution >= 4 is 5.78 Å². The van der Waals surface area contributed by atoms with Crippen molar-refractivity contribution in [2.75, 3.05) is 6.61 Å². The first-order valence-electron chi connectivity index (χ1n) is 6.34. The third kappa shape index (κ3) is 2.87. The molecule has 3 heteroatoms. The lowest BCUT2D eigenvalue weighted by Crippen LogP contribution is -2.12. The lowest BCUT2D eigenvalue weighted by molar-refractivity contribution is 0.0921. The molecular weight excluding hydrogens is 238 g/mol. The number of rotatable bonds is 4. The van der Waals surface area contributed by atoms with E-state index in [4.69, 9.17) is 4.74 Å². The molecule has 0 aliphatic carbocycles. The van der Waals surface area contributed by atoms with Gasteiger partial charge in [-0.1, -0.05) is 17.7 Å². The Morgan fingerprint density at radius 2 is 1.79 bits per heavy atom. The lowest BCUT2D eigenvalue weighted by Gasteiger charge is -2.06. The topological polar surface area (TPSA) is 31.2 Å². The number of ether oxygens (including phenoxy) is 1. The van der Waals surface area contributed by atoms with Crippen LogP contribution in [0, 0.1) is 20.8 Å². The molecular formula is C16H19NO2. The normalized spacial score (nSPS) is 10.5. The number of ketones is 1. The summed E-state index contributed by atoms with van der Waals surface area (Å²) in [6, 6.07) is 9.61. The van der Waals surface area contributed by atoms with Gasteiger partial charge in [0.1, 0.15) is 5.75 Å². The standard InChI is InChI=1S/C16H19NO2/c1-11-5-7-14(8-6-11)19-10-16(18)15-9-12(2)17(4)13(15)3/h5-9H,10H2,1-4H3. The Kier molecular flexibility index (Phi) is 3.74. The van der Waals surface area contributed by atoms with Gasteiger partial charge in [-0.2, -0.15) is 0 Å². The first-order chi connectivity index (χ1) is 8.99. The molecule has 0 aliphatic heterocycles. The van der Waals surface area contributed by atoms with Gasteiger partial charge < -0.3 is 9.30 Å². The monoisotopic (exact) mass is 257 g/mol. The van der Waals surface area contributed by atoms with Crippen molar-refractivity contribution < 1.29 is 9.53 Å². The summed E-state index contributed by atoms with van der Waals surface area (Å²) < 4.78 is 7.54. The number of carbonyl (C=O) groups excluding carboxylic acids is 1. The van der Waals surface area contributed by atoms with E-state index in [0.29, 0.717) is 0 Å². The van der Waals surface area contributed by atoms with Crippen LogP contribution < -0.4 is 4.74 Å². The largest absolute Gasteiger partial charge is 0.485 e. The van der Waals surface area contributed by atoms with Crippen LogP contribution in [0.4, 0.5) is 0 Å². The molecule has 2 rings (SSSR count). The predicted octanol–water partition coefficient (Wildman–Crippen LogP) is 3.21. The molecule has 19 heavy (non-hydrogen) atoms. The van der Waals surface area contributed by atoms with Gasteiger partial charge in [-0.25, -0.2) is 0 Å². The zero-order valence-corrected chi connectivity index (χ0v) is 11.9. The summed E-state index contributed by atoms with van der Waals surface area (Å²) in [4.78, 5) is 12.1. The van der Waals surface area contributed by atoms with E-state index in [0.717, 1.165) is 22.7 Å². The van der Waals surface area contributed by atoms with E-state index in [2.05, 4.69) is 0 Å². The molecule has 0 spiro atoms. The second kappa shape index (κ2) is 5.31. The van der Waals surface area contributed by atoms with Crippen molar-refractivity contribution in [1.29, 1.82) is 0 Å². The van der Waals surface area contributed by atoms with E-state index in [9.17, 15) is 4.79 Å². The maximum atomic E-state index is 12.1. The third-order valence-electron chi connectivity index (χ3n) is 3.47. The van der Waals surface area contributed by atoms with Gasteiger partial charge in [0, 0.05) is 24.0 Å². The molecule has 1 aromatic carbocycles. The van der Waals surface area contributed by atoms with Gasteiger partial charge in [-0.15, -0.1) is 0 Å². The van der Waals surface area contributed by atoms with Crippen LogP contribution in [0.15, 0.2) is 30.3 Å².